The molecular weight excluding hydrogens is 321 g/mol. The second-order valence-electron chi connectivity index (χ2n) is 5.01. The summed E-state index contributed by atoms with van der Waals surface area (Å²) in [4.78, 5) is 12.0. The fourth-order valence-electron chi connectivity index (χ4n) is 2.15. The Kier molecular flexibility index (Phi) is 5.69. The second kappa shape index (κ2) is 7.52. The molecule has 0 bridgehead atoms. The van der Waals surface area contributed by atoms with Gasteiger partial charge in [0.25, 0.3) is 5.91 Å². The van der Waals surface area contributed by atoms with Gasteiger partial charge in [0.15, 0.2) is 6.61 Å². The number of halogens is 2. The topological polar surface area (TPSA) is 38.3 Å². The smallest absolute Gasteiger partial charge is 0.258 e. The summed E-state index contributed by atoms with van der Waals surface area (Å²) < 4.78 is 5.42. The first-order valence-electron chi connectivity index (χ1n) is 6.90. The van der Waals surface area contributed by atoms with Crippen molar-refractivity contribution in [1.82, 2.24) is 5.32 Å². The summed E-state index contributed by atoms with van der Waals surface area (Å²) in [6.45, 7) is 3.89. The molecule has 3 nitrogen and oxygen atoms in total. The van der Waals surface area contributed by atoms with Gasteiger partial charge in [-0.25, -0.2) is 0 Å². The van der Waals surface area contributed by atoms with Crippen molar-refractivity contribution >= 4 is 29.1 Å². The quantitative estimate of drug-likeness (QED) is 0.868. The number of benzene rings is 2. The number of amides is 1. The zero-order valence-electron chi connectivity index (χ0n) is 12.4. The van der Waals surface area contributed by atoms with Gasteiger partial charge in [-0.15, -0.1) is 0 Å². The van der Waals surface area contributed by atoms with E-state index in [4.69, 9.17) is 27.9 Å². The first kappa shape index (κ1) is 16.7. The van der Waals surface area contributed by atoms with E-state index in [2.05, 4.69) is 5.32 Å². The number of aryl methyl sites for hydroxylation is 1. The number of nitrogens with one attached hydrogen (secondary N) is 1. The molecule has 0 heterocycles. The second-order valence-corrected chi connectivity index (χ2v) is 5.82. The average Bonchev–Trinajstić information content (AvgIpc) is 2.49. The van der Waals surface area contributed by atoms with E-state index in [0.29, 0.717) is 15.8 Å². The summed E-state index contributed by atoms with van der Waals surface area (Å²) in [7, 11) is 0. The predicted molar refractivity (Wildman–Crippen MR) is 89.7 cm³/mol. The highest BCUT2D eigenvalue weighted by Gasteiger charge is 2.12. The monoisotopic (exact) mass is 337 g/mol. The number of rotatable bonds is 5. The van der Waals surface area contributed by atoms with Crippen LogP contribution in [0.1, 0.15) is 24.1 Å². The first-order valence-corrected chi connectivity index (χ1v) is 7.65. The van der Waals surface area contributed by atoms with Gasteiger partial charge in [-0.3, -0.25) is 4.79 Å². The summed E-state index contributed by atoms with van der Waals surface area (Å²) in [6, 6.07) is 12.8. The number of hydrogen-bond acceptors (Lipinski definition) is 2. The van der Waals surface area contributed by atoms with Crippen molar-refractivity contribution in [2.75, 3.05) is 6.61 Å². The van der Waals surface area contributed by atoms with Crippen molar-refractivity contribution in [2.24, 2.45) is 0 Å². The van der Waals surface area contributed by atoms with E-state index in [1.807, 2.05) is 38.1 Å². The molecule has 2 aromatic carbocycles. The van der Waals surface area contributed by atoms with Crippen LogP contribution in [0.2, 0.25) is 10.0 Å². The number of carbonyl (C=O) groups excluding carboxylic acids is 1. The third-order valence-electron chi connectivity index (χ3n) is 3.29. The molecule has 0 aliphatic rings. The van der Waals surface area contributed by atoms with Gasteiger partial charge in [0.05, 0.1) is 16.1 Å². The van der Waals surface area contributed by atoms with E-state index in [0.717, 1.165) is 11.1 Å². The molecule has 2 aromatic rings. The molecule has 1 N–H and O–H groups in total. The fourth-order valence-corrected chi connectivity index (χ4v) is 2.44. The van der Waals surface area contributed by atoms with Crippen LogP contribution < -0.4 is 10.1 Å². The largest absolute Gasteiger partial charge is 0.484 e. The maximum Gasteiger partial charge on any atom is 0.258 e. The van der Waals surface area contributed by atoms with Crippen LogP contribution in [0, 0.1) is 6.92 Å². The molecule has 0 saturated heterocycles. The van der Waals surface area contributed by atoms with Gasteiger partial charge in [-0.05, 0) is 37.1 Å². The number of carbonyl (C=O) groups is 1. The lowest BCUT2D eigenvalue weighted by molar-refractivity contribution is -0.123. The van der Waals surface area contributed by atoms with Crippen LogP contribution in [-0.2, 0) is 4.79 Å². The van der Waals surface area contributed by atoms with Crippen LogP contribution in [0.5, 0.6) is 5.75 Å². The van der Waals surface area contributed by atoms with Gasteiger partial charge in [0.2, 0.25) is 0 Å². The van der Waals surface area contributed by atoms with Gasteiger partial charge in [-0.1, -0.05) is 47.5 Å². The third-order valence-corrected chi connectivity index (χ3v) is 4.03. The highest BCUT2D eigenvalue weighted by Crippen LogP contribution is 2.26. The van der Waals surface area contributed by atoms with E-state index in [1.165, 1.54) is 0 Å². The van der Waals surface area contributed by atoms with E-state index >= 15 is 0 Å². The van der Waals surface area contributed by atoms with Crippen LogP contribution in [0.4, 0.5) is 0 Å². The minimum absolute atomic E-state index is 0.0752. The van der Waals surface area contributed by atoms with Crippen molar-refractivity contribution < 1.29 is 9.53 Å². The maximum absolute atomic E-state index is 12.0. The molecule has 0 radical (unpaired) electrons. The summed E-state index contributed by atoms with van der Waals surface area (Å²) in [5.41, 5.74) is 2.23. The lowest BCUT2D eigenvalue weighted by Crippen LogP contribution is -2.31. The Hall–Kier alpha value is -1.71. The van der Waals surface area contributed by atoms with Crippen LogP contribution in [0.25, 0.3) is 0 Å². The third kappa shape index (κ3) is 4.39. The van der Waals surface area contributed by atoms with Gasteiger partial charge < -0.3 is 10.1 Å². The molecule has 5 heteroatoms. The first-order chi connectivity index (χ1) is 10.5. The lowest BCUT2D eigenvalue weighted by Gasteiger charge is -2.16. The Labute approximate surface area is 140 Å². The van der Waals surface area contributed by atoms with Crippen LogP contribution in [0.3, 0.4) is 0 Å². The van der Waals surface area contributed by atoms with E-state index in [-0.39, 0.29) is 18.6 Å². The fraction of sp³-hybridized carbons (Fsp3) is 0.235. The Balaban J connectivity index is 1.90. The van der Waals surface area contributed by atoms with Gasteiger partial charge in [-0.2, -0.15) is 0 Å². The molecule has 1 unspecified atom stereocenters. The minimum Gasteiger partial charge on any atom is -0.484 e. The number of hydrogen-bond donors (Lipinski definition) is 1. The summed E-state index contributed by atoms with van der Waals surface area (Å²) >= 11 is 11.7. The number of ether oxygens (including phenoxy) is 1. The van der Waals surface area contributed by atoms with Crippen LogP contribution >= 0.6 is 23.2 Å². The standard InChI is InChI=1S/C17H17Cl2NO2/c1-11-5-3-4-6-14(11)12(2)20-17(21)10-22-13-7-8-15(18)16(19)9-13/h3-9,12H,10H2,1-2H3,(H,20,21). The van der Waals surface area contributed by atoms with E-state index in [1.54, 1.807) is 18.2 Å². The molecule has 1 amide bonds. The molecule has 1 atom stereocenters. The lowest BCUT2D eigenvalue weighted by atomic mass is 10.0. The average molecular weight is 338 g/mol. The minimum atomic E-state index is -0.193. The maximum atomic E-state index is 12.0. The van der Waals surface area contributed by atoms with Crippen molar-refractivity contribution in [3.05, 3.63) is 63.6 Å². The van der Waals surface area contributed by atoms with Gasteiger partial charge in [0, 0.05) is 6.07 Å². The predicted octanol–water partition coefficient (Wildman–Crippen LogP) is 4.56. The zero-order chi connectivity index (χ0) is 16.1. The molecule has 0 fully saturated rings. The van der Waals surface area contributed by atoms with Gasteiger partial charge >= 0.3 is 0 Å². The molecule has 116 valence electrons. The summed E-state index contributed by atoms with van der Waals surface area (Å²) in [5.74, 6) is 0.315. The Morgan fingerprint density at radius 3 is 2.59 bits per heavy atom. The van der Waals surface area contributed by atoms with E-state index < -0.39 is 0 Å². The van der Waals surface area contributed by atoms with Crippen molar-refractivity contribution in [3.63, 3.8) is 0 Å². The Bertz CT molecular complexity index is 673. The SMILES string of the molecule is Cc1ccccc1C(C)NC(=O)COc1ccc(Cl)c(Cl)c1. The molecule has 0 aliphatic carbocycles. The van der Waals surface area contributed by atoms with Crippen molar-refractivity contribution in [1.29, 1.82) is 0 Å². The molecule has 0 aliphatic heterocycles. The highest BCUT2D eigenvalue weighted by molar-refractivity contribution is 6.42. The zero-order valence-corrected chi connectivity index (χ0v) is 13.9. The van der Waals surface area contributed by atoms with Crippen molar-refractivity contribution in [3.8, 4) is 5.75 Å². The van der Waals surface area contributed by atoms with Crippen molar-refractivity contribution in [2.45, 2.75) is 19.9 Å². The van der Waals surface area contributed by atoms with Crippen LogP contribution in [0.15, 0.2) is 42.5 Å². The molecule has 0 aromatic heterocycles. The Morgan fingerprint density at radius 1 is 1.18 bits per heavy atom. The van der Waals surface area contributed by atoms with Crippen LogP contribution in [-0.4, -0.2) is 12.5 Å². The van der Waals surface area contributed by atoms with E-state index in [9.17, 15) is 4.79 Å². The highest BCUT2D eigenvalue weighted by atomic mass is 35.5. The Morgan fingerprint density at radius 2 is 1.91 bits per heavy atom. The molecule has 0 saturated carbocycles. The summed E-state index contributed by atoms with van der Waals surface area (Å²) in [6.07, 6.45) is 0. The molecule has 2 rings (SSSR count). The molecule has 22 heavy (non-hydrogen) atoms. The summed E-state index contributed by atoms with van der Waals surface area (Å²) in [5, 5.41) is 3.76. The van der Waals surface area contributed by atoms with Gasteiger partial charge in [0.1, 0.15) is 5.75 Å². The molecule has 0 spiro atoms. The normalized spacial score (nSPS) is 11.8. The molecular formula is C17H17Cl2NO2.